The number of methoxy groups -OCH3 is 1. The fourth-order valence-electron chi connectivity index (χ4n) is 5.37. The lowest BCUT2D eigenvalue weighted by atomic mass is 9.82. The highest BCUT2D eigenvalue weighted by molar-refractivity contribution is 6.23. The topological polar surface area (TPSA) is 90.0 Å². The Morgan fingerprint density at radius 2 is 1.73 bits per heavy atom. The van der Waals surface area contributed by atoms with Crippen LogP contribution >= 0.6 is 0 Å². The van der Waals surface area contributed by atoms with Gasteiger partial charge in [0.25, 0.3) is 0 Å². The zero-order valence-electron chi connectivity index (χ0n) is 18.3. The second-order valence-electron chi connectivity index (χ2n) is 8.76. The molecule has 5 rings (SSSR count). The molecule has 1 saturated carbocycles. The van der Waals surface area contributed by atoms with Crippen molar-refractivity contribution in [3.63, 3.8) is 0 Å². The van der Waals surface area contributed by atoms with E-state index in [2.05, 4.69) is 6.08 Å². The molecule has 2 aliphatic carbocycles. The van der Waals surface area contributed by atoms with Gasteiger partial charge >= 0.3 is 5.97 Å². The smallest absolute Gasteiger partial charge is 0.338 e. The van der Waals surface area contributed by atoms with Crippen LogP contribution in [0.2, 0.25) is 0 Å². The number of hydrogen-bond acceptors (Lipinski definition) is 6. The molecule has 0 N–H and O–H groups in total. The van der Waals surface area contributed by atoms with Gasteiger partial charge in [0, 0.05) is 5.56 Å². The zero-order chi connectivity index (χ0) is 23.3. The number of Topliss-reactive ketones (excluding diaryl/α,β-unsaturated/α-hetero) is 1. The number of imide groups is 1. The number of ketones is 1. The predicted molar refractivity (Wildman–Crippen MR) is 119 cm³/mol. The molecule has 1 saturated heterocycles. The molecule has 2 fully saturated rings. The van der Waals surface area contributed by atoms with Crippen molar-refractivity contribution < 1.29 is 28.7 Å². The molecule has 4 unspecified atom stereocenters. The minimum absolute atomic E-state index is 0.137. The van der Waals surface area contributed by atoms with Crippen LogP contribution in [0.5, 0.6) is 5.75 Å². The summed E-state index contributed by atoms with van der Waals surface area (Å²) in [5.74, 6) is -1.07. The summed E-state index contributed by atoms with van der Waals surface area (Å²) >= 11 is 0. The number of nitrogens with zero attached hydrogens (tertiary/aromatic N) is 1. The van der Waals surface area contributed by atoms with Crippen molar-refractivity contribution in [1.29, 1.82) is 0 Å². The molecule has 168 valence electrons. The fraction of sp³-hybridized carbons (Fsp3) is 0.308. The molecule has 2 bridgehead atoms. The number of fused-ring (bicyclic) bond motifs is 5. The maximum atomic E-state index is 13.0. The van der Waals surface area contributed by atoms with Crippen LogP contribution in [0.15, 0.2) is 60.2 Å². The average Bonchev–Trinajstić information content (AvgIpc) is 3.47. The maximum Gasteiger partial charge on any atom is 0.338 e. The van der Waals surface area contributed by atoms with Crippen molar-refractivity contribution in [1.82, 2.24) is 0 Å². The lowest BCUT2D eigenvalue weighted by Crippen LogP contribution is -2.32. The normalized spacial score (nSPS) is 25.2. The molecule has 3 aliphatic rings. The summed E-state index contributed by atoms with van der Waals surface area (Å²) in [5, 5.41) is 0. The molecule has 2 aromatic carbocycles. The van der Waals surface area contributed by atoms with Crippen LogP contribution in [0, 0.1) is 23.7 Å². The minimum atomic E-state index is -0.661. The van der Waals surface area contributed by atoms with E-state index in [0.29, 0.717) is 17.0 Å². The number of allylic oxidation sites excluding steroid dienone is 2. The lowest BCUT2D eigenvalue weighted by Gasteiger charge is -2.19. The third kappa shape index (κ3) is 3.44. The average molecular weight is 445 g/mol. The van der Waals surface area contributed by atoms with E-state index in [0.717, 1.165) is 6.42 Å². The highest BCUT2D eigenvalue weighted by Crippen LogP contribution is 2.55. The first kappa shape index (κ1) is 21.1. The Balaban J connectivity index is 1.24. The van der Waals surface area contributed by atoms with Crippen molar-refractivity contribution in [2.45, 2.75) is 13.3 Å². The molecule has 2 aromatic rings. The molecule has 2 amide bonds. The number of hydrogen-bond donors (Lipinski definition) is 0. The SMILES string of the molecule is COc1cccc(C(=O)COC(=O)c2ccc(N3C(=O)C4C5C=C(C)C(C5)C4C3=O)cc2)c1. The van der Waals surface area contributed by atoms with Crippen molar-refractivity contribution in [3.8, 4) is 5.75 Å². The highest BCUT2D eigenvalue weighted by Gasteiger charge is 2.60. The summed E-state index contributed by atoms with van der Waals surface area (Å²) < 4.78 is 10.2. The zero-order valence-corrected chi connectivity index (χ0v) is 18.3. The number of esters is 1. The quantitative estimate of drug-likeness (QED) is 0.293. The Kier molecular flexibility index (Phi) is 5.12. The molecular formula is C26H23NO6. The molecule has 0 spiro atoms. The lowest BCUT2D eigenvalue weighted by molar-refractivity contribution is -0.123. The van der Waals surface area contributed by atoms with Crippen LogP contribution in [0.3, 0.4) is 0 Å². The highest BCUT2D eigenvalue weighted by atomic mass is 16.5. The summed E-state index contributed by atoms with van der Waals surface area (Å²) in [4.78, 5) is 52.0. The monoisotopic (exact) mass is 445 g/mol. The van der Waals surface area contributed by atoms with Crippen LogP contribution in [0.1, 0.15) is 34.1 Å². The summed E-state index contributed by atoms with van der Waals surface area (Å²) in [5.41, 5.74) is 2.26. The number of carbonyl (C=O) groups is 4. The Morgan fingerprint density at radius 1 is 1.00 bits per heavy atom. The molecule has 1 heterocycles. The first-order chi connectivity index (χ1) is 15.9. The van der Waals surface area contributed by atoms with Gasteiger partial charge in [0.05, 0.1) is 30.2 Å². The van der Waals surface area contributed by atoms with Gasteiger partial charge in [0.15, 0.2) is 12.4 Å². The van der Waals surface area contributed by atoms with Crippen LogP contribution in [-0.2, 0) is 14.3 Å². The van der Waals surface area contributed by atoms with Gasteiger partial charge in [-0.3, -0.25) is 19.3 Å². The second kappa shape index (κ2) is 7.99. The minimum Gasteiger partial charge on any atom is -0.497 e. The summed E-state index contributed by atoms with van der Waals surface area (Å²) in [7, 11) is 1.51. The predicted octanol–water partition coefficient (Wildman–Crippen LogP) is 3.44. The van der Waals surface area contributed by atoms with Gasteiger partial charge in [-0.1, -0.05) is 23.8 Å². The van der Waals surface area contributed by atoms with Crippen molar-refractivity contribution in [2.24, 2.45) is 23.7 Å². The fourth-order valence-corrected chi connectivity index (χ4v) is 5.37. The number of benzene rings is 2. The summed E-state index contributed by atoms with van der Waals surface area (Å²) in [6.07, 6.45) is 3.01. The van der Waals surface area contributed by atoms with Gasteiger partial charge in [-0.05, 0) is 61.6 Å². The molecule has 4 atom stereocenters. The van der Waals surface area contributed by atoms with Gasteiger partial charge in [-0.15, -0.1) is 0 Å². The van der Waals surface area contributed by atoms with Crippen LogP contribution < -0.4 is 9.64 Å². The van der Waals surface area contributed by atoms with Gasteiger partial charge in [-0.25, -0.2) is 4.79 Å². The van der Waals surface area contributed by atoms with Crippen molar-refractivity contribution in [2.75, 3.05) is 18.6 Å². The molecule has 7 heteroatoms. The Morgan fingerprint density at radius 3 is 2.45 bits per heavy atom. The van der Waals surface area contributed by atoms with Gasteiger partial charge < -0.3 is 9.47 Å². The maximum absolute atomic E-state index is 13.0. The van der Waals surface area contributed by atoms with Gasteiger partial charge in [0.2, 0.25) is 11.8 Å². The standard InChI is InChI=1S/C26H23NO6/c1-14-10-17-12-20(14)23-22(17)24(29)27(25(23)30)18-8-6-15(7-9-18)26(31)33-13-21(28)16-4-3-5-19(11-16)32-2/h3-11,17,20,22-23H,12-13H2,1-2H3. The molecule has 1 aliphatic heterocycles. The Hall–Kier alpha value is -3.74. The van der Waals surface area contributed by atoms with E-state index in [-0.39, 0.29) is 46.8 Å². The van der Waals surface area contributed by atoms with E-state index in [9.17, 15) is 19.2 Å². The molecule has 7 nitrogen and oxygen atoms in total. The van der Waals surface area contributed by atoms with E-state index in [1.807, 2.05) is 6.92 Å². The van der Waals surface area contributed by atoms with Gasteiger partial charge in [0.1, 0.15) is 5.75 Å². The Labute approximate surface area is 191 Å². The molecule has 0 aromatic heterocycles. The van der Waals surface area contributed by atoms with Crippen LogP contribution in [-0.4, -0.2) is 37.3 Å². The number of carbonyl (C=O) groups excluding carboxylic acids is 4. The largest absolute Gasteiger partial charge is 0.497 e. The molecule has 0 radical (unpaired) electrons. The van der Waals surface area contributed by atoms with E-state index in [4.69, 9.17) is 9.47 Å². The third-order valence-electron chi connectivity index (χ3n) is 6.97. The first-order valence-corrected chi connectivity index (χ1v) is 10.9. The van der Waals surface area contributed by atoms with E-state index < -0.39 is 12.6 Å². The number of ether oxygens (including phenoxy) is 2. The van der Waals surface area contributed by atoms with Crippen molar-refractivity contribution >= 4 is 29.3 Å². The summed E-state index contributed by atoms with van der Waals surface area (Å²) in [6.45, 7) is 1.62. The number of rotatable bonds is 6. The summed E-state index contributed by atoms with van der Waals surface area (Å²) in [6, 6.07) is 12.7. The van der Waals surface area contributed by atoms with Gasteiger partial charge in [-0.2, -0.15) is 0 Å². The third-order valence-corrected chi connectivity index (χ3v) is 6.97. The van der Waals surface area contributed by atoms with Crippen LogP contribution in [0.4, 0.5) is 5.69 Å². The molecular weight excluding hydrogens is 422 g/mol. The van der Waals surface area contributed by atoms with Crippen LogP contribution in [0.25, 0.3) is 0 Å². The van der Waals surface area contributed by atoms with Crippen molar-refractivity contribution in [3.05, 3.63) is 71.3 Å². The van der Waals surface area contributed by atoms with E-state index in [1.54, 1.807) is 36.4 Å². The Bertz CT molecular complexity index is 1200. The number of amides is 2. The second-order valence-corrected chi connectivity index (χ2v) is 8.76. The first-order valence-electron chi connectivity index (χ1n) is 10.9. The number of anilines is 1. The van der Waals surface area contributed by atoms with E-state index in [1.165, 1.54) is 29.7 Å². The molecule has 33 heavy (non-hydrogen) atoms. The van der Waals surface area contributed by atoms with E-state index >= 15 is 0 Å².